The SMILES string of the molecule is Fc1cccc(F)n1.OB(O)c1ccc(F)nc1F. The quantitative estimate of drug-likeness (QED) is 0.449. The van der Waals surface area contributed by atoms with Crippen molar-refractivity contribution in [3.63, 3.8) is 0 Å². The van der Waals surface area contributed by atoms with E-state index in [9.17, 15) is 17.6 Å². The molecular weight excluding hydrogens is 267 g/mol. The van der Waals surface area contributed by atoms with Gasteiger partial charge in [0.1, 0.15) is 0 Å². The van der Waals surface area contributed by atoms with Crippen molar-refractivity contribution in [2.24, 2.45) is 0 Å². The number of halogens is 4. The molecule has 0 radical (unpaired) electrons. The zero-order chi connectivity index (χ0) is 14.4. The summed E-state index contributed by atoms with van der Waals surface area (Å²) in [5, 5.41) is 16.9. The van der Waals surface area contributed by atoms with E-state index in [1.807, 2.05) is 0 Å². The maximum atomic E-state index is 12.4. The number of nitrogens with zero attached hydrogens (tertiary/aromatic N) is 2. The summed E-state index contributed by atoms with van der Waals surface area (Å²) in [5.41, 5.74) is -0.439. The van der Waals surface area contributed by atoms with E-state index in [1.165, 1.54) is 6.07 Å². The average molecular weight is 274 g/mol. The van der Waals surface area contributed by atoms with Crippen LogP contribution in [0.5, 0.6) is 0 Å². The number of pyridine rings is 2. The molecule has 0 saturated heterocycles. The molecule has 9 heteroatoms. The maximum absolute atomic E-state index is 12.4. The number of hydrogen-bond acceptors (Lipinski definition) is 4. The summed E-state index contributed by atoms with van der Waals surface area (Å²) in [5.74, 6) is -3.78. The monoisotopic (exact) mass is 274 g/mol. The van der Waals surface area contributed by atoms with Gasteiger partial charge in [-0.05, 0) is 18.2 Å². The van der Waals surface area contributed by atoms with Gasteiger partial charge in [-0.2, -0.15) is 27.5 Å². The fraction of sp³-hybridized carbons (Fsp3) is 0. The molecule has 0 fully saturated rings. The van der Waals surface area contributed by atoms with Crippen molar-refractivity contribution >= 4 is 12.6 Å². The summed E-state index contributed by atoms with van der Waals surface area (Å²) in [6.07, 6.45) is 0. The average Bonchev–Trinajstić information content (AvgIpc) is 2.28. The van der Waals surface area contributed by atoms with Crippen molar-refractivity contribution in [1.29, 1.82) is 0 Å². The second kappa shape index (κ2) is 6.81. The van der Waals surface area contributed by atoms with Crippen LogP contribution in [-0.4, -0.2) is 27.1 Å². The van der Waals surface area contributed by atoms with Gasteiger partial charge in [-0.1, -0.05) is 12.1 Å². The van der Waals surface area contributed by atoms with E-state index < -0.39 is 36.4 Å². The molecule has 0 atom stereocenters. The first kappa shape index (κ1) is 15.1. The van der Waals surface area contributed by atoms with Gasteiger partial charge < -0.3 is 10.0 Å². The Hall–Kier alpha value is -2.00. The third kappa shape index (κ3) is 5.02. The molecule has 0 aromatic carbocycles. The van der Waals surface area contributed by atoms with Crippen LogP contribution in [0, 0.1) is 23.8 Å². The predicted molar refractivity (Wildman–Crippen MR) is 58.1 cm³/mol. The molecule has 2 aromatic heterocycles. The van der Waals surface area contributed by atoms with E-state index in [2.05, 4.69) is 9.97 Å². The van der Waals surface area contributed by atoms with E-state index in [0.29, 0.717) is 0 Å². The first-order valence-electron chi connectivity index (χ1n) is 4.86. The first-order chi connectivity index (χ1) is 8.90. The van der Waals surface area contributed by atoms with Gasteiger partial charge in [-0.15, -0.1) is 0 Å². The summed E-state index contributed by atoms with van der Waals surface area (Å²) in [6, 6.07) is 5.20. The summed E-state index contributed by atoms with van der Waals surface area (Å²) in [6.45, 7) is 0. The number of rotatable bonds is 1. The van der Waals surface area contributed by atoms with Gasteiger partial charge in [0.2, 0.25) is 23.8 Å². The second-order valence-corrected chi connectivity index (χ2v) is 3.17. The summed E-state index contributed by atoms with van der Waals surface area (Å²) in [4.78, 5) is 5.58. The molecule has 2 aromatic rings. The normalized spacial score (nSPS) is 9.58. The summed E-state index contributed by atoms with van der Waals surface area (Å²) >= 11 is 0. The van der Waals surface area contributed by atoms with Crippen molar-refractivity contribution in [2.75, 3.05) is 0 Å². The molecule has 100 valence electrons. The standard InChI is InChI=1S/C5H4BF2NO2.C5H3F2N/c7-4-2-1-3(6(10)11)5(8)9-4;6-4-2-1-3-5(7)8-4/h1-2,10-11H;1-3H. The molecule has 0 aliphatic heterocycles. The van der Waals surface area contributed by atoms with Crippen molar-refractivity contribution < 1.29 is 27.6 Å². The van der Waals surface area contributed by atoms with Crippen LogP contribution in [-0.2, 0) is 0 Å². The third-order valence-corrected chi connectivity index (χ3v) is 1.80. The van der Waals surface area contributed by atoms with Gasteiger partial charge in [0.05, 0.1) is 0 Å². The molecule has 19 heavy (non-hydrogen) atoms. The van der Waals surface area contributed by atoms with Crippen molar-refractivity contribution in [3.8, 4) is 0 Å². The molecule has 0 aliphatic carbocycles. The van der Waals surface area contributed by atoms with E-state index in [-0.39, 0.29) is 0 Å². The highest BCUT2D eigenvalue weighted by Crippen LogP contribution is 1.94. The van der Waals surface area contributed by atoms with Gasteiger partial charge in [0.15, 0.2) is 0 Å². The lowest BCUT2D eigenvalue weighted by Crippen LogP contribution is -2.33. The van der Waals surface area contributed by atoms with Crippen LogP contribution in [0.1, 0.15) is 0 Å². The number of aromatic nitrogens is 2. The van der Waals surface area contributed by atoms with E-state index in [0.717, 1.165) is 24.3 Å². The molecule has 0 unspecified atom stereocenters. The van der Waals surface area contributed by atoms with Gasteiger partial charge in [0.25, 0.3) is 0 Å². The molecular formula is C10H7BF4N2O2. The van der Waals surface area contributed by atoms with E-state index >= 15 is 0 Å². The highest BCUT2D eigenvalue weighted by atomic mass is 19.1. The topological polar surface area (TPSA) is 66.2 Å². The van der Waals surface area contributed by atoms with Crippen molar-refractivity contribution in [3.05, 3.63) is 54.1 Å². The van der Waals surface area contributed by atoms with Crippen LogP contribution in [0.3, 0.4) is 0 Å². The van der Waals surface area contributed by atoms with Crippen LogP contribution in [0.25, 0.3) is 0 Å². The molecule has 0 bridgehead atoms. The molecule has 2 rings (SSSR count). The minimum absolute atomic E-state index is 0.439. The Labute approximate surface area is 105 Å². The Morgan fingerprint density at radius 3 is 1.68 bits per heavy atom. The second-order valence-electron chi connectivity index (χ2n) is 3.17. The van der Waals surface area contributed by atoms with Crippen LogP contribution in [0.2, 0.25) is 0 Å². The highest BCUT2D eigenvalue weighted by molar-refractivity contribution is 6.58. The smallest absolute Gasteiger partial charge is 0.423 e. The fourth-order valence-electron chi connectivity index (χ4n) is 0.999. The van der Waals surface area contributed by atoms with Crippen LogP contribution in [0.4, 0.5) is 17.6 Å². The maximum Gasteiger partial charge on any atom is 0.493 e. The summed E-state index contributed by atoms with van der Waals surface area (Å²) < 4.78 is 48.2. The number of hydrogen-bond donors (Lipinski definition) is 2. The van der Waals surface area contributed by atoms with Crippen LogP contribution < -0.4 is 5.46 Å². The molecule has 4 nitrogen and oxygen atoms in total. The third-order valence-electron chi connectivity index (χ3n) is 1.80. The molecule has 0 spiro atoms. The zero-order valence-corrected chi connectivity index (χ0v) is 9.26. The van der Waals surface area contributed by atoms with Crippen molar-refractivity contribution in [1.82, 2.24) is 9.97 Å². The molecule has 0 aliphatic rings. The Morgan fingerprint density at radius 2 is 1.32 bits per heavy atom. The Bertz CT molecular complexity index is 540. The van der Waals surface area contributed by atoms with E-state index in [4.69, 9.17) is 10.0 Å². The molecule has 2 heterocycles. The minimum atomic E-state index is -1.96. The fourth-order valence-corrected chi connectivity index (χ4v) is 0.999. The lowest BCUT2D eigenvalue weighted by molar-refractivity contribution is 0.420. The van der Waals surface area contributed by atoms with Crippen LogP contribution >= 0.6 is 0 Å². The largest absolute Gasteiger partial charge is 0.493 e. The zero-order valence-electron chi connectivity index (χ0n) is 9.26. The summed E-state index contributed by atoms with van der Waals surface area (Å²) in [7, 11) is -1.96. The minimum Gasteiger partial charge on any atom is -0.423 e. The Morgan fingerprint density at radius 1 is 0.789 bits per heavy atom. The van der Waals surface area contributed by atoms with Gasteiger partial charge in [-0.25, -0.2) is 0 Å². The van der Waals surface area contributed by atoms with Gasteiger partial charge in [-0.3, -0.25) is 0 Å². The first-order valence-corrected chi connectivity index (χ1v) is 4.86. The lowest BCUT2D eigenvalue weighted by atomic mass is 9.81. The lowest BCUT2D eigenvalue weighted by Gasteiger charge is -1.98. The Balaban J connectivity index is 0.000000200. The van der Waals surface area contributed by atoms with E-state index in [1.54, 1.807) is 0 Å². The molecule has 0 amide bonds. The van der Waals surface area contributed by atoms with Gasteiger partial charge >= 0.3 is 7.12 Å². The van der Waals surface area contributed by atoms with Gasteiger partial charge in [0, 0.05) is 5.46 Å². The molecule has 2 N–H and O–H groups in total. The molecule has 0 saturated carbocycles. The Kier molecular flexibility index (Phi) is 5.40. The predicted octanol–water partition coefficient (Wildman–Crippen LogP) is 0.399. The van der Waals surface area contributed by atoms with Crippen LogP contribution in [0.15, 0.2) is 30.3 Å². The highest BCUT2D eigenvalue weighted by Gasteiger charge is 2.17. The van der Waals surface area contributed by atoms with Crippen molar-refractivity contribution in [2.45, 2.75) is 0 Å².